The fraction of sp³-hybridized carbons (Fsp3) is 0.200. The van der Waals surface area contributed by atoms with E-state index < -0.39 is 0 Å². The van der Waals surface area contributed by atoms with Crippen molar-refractivity contribution in [3.8, 4) is 11.5 Å². The second-order valence-electron chi connectivity index (χ2n) is 4.37. The molecule has 0 saturated heterocycles. The van der Waals surface area contributed by atoms with E-state index in [4.69, 9.17) is 4.74 Å². The Morgan fingerprint density at radius 2 is 1.63 bits per heavy atom. The van der Waals surface area contributed by atoms with Crippen LogP contribution < -0.4 is 4.74 Å². The molecule has 4 heteroatoms. The van der Waals surface area contributed by atoms with Crippen LogP contribution in [0.25, 0.3) is 0 Å². The molecule has 0 spiro atoms. The minimum atomic E-state index is 0.825. The number of aryl methyl sites for hydroxylation is 2. The summed E-state index contributed by atoms with van der Waals surface area (Å²) in [6, 6.07) is 10.1. The molecule has 0 atom stereocenters. The average Bonchev–Trinajstić information content (AvgIpc) is 2.38. The highest BCUT2D eigenvalue weighted by Crippen LogP contribution is 2.33. The Hall–Kier alpha value is -0.320. The molecule has 2 aromatic carbocycles. The van der Waals surface area contributed by atoms with Crippen molar-refractivity contribution < 1.29 is 4.74 Å². The van der Waals surface area contributed by atoms with Gasteiger partial charge in [-0.05, 0) is 70.7 Å². The number of halogens is 3. The summed E-state index contributed by atoms with van der Waals surface area (Å²) in [5.41, 5.74) is 3.55. The molecule has 19 heavy (non-hydrogen) atoms. The molecule has 0 aliphatic heterocycles. The molecule has 0 unspecified atom stereocenters. The molecule has 2 rings (SSSR count). The van der Waals surface area contributed by atoms with E-state index in [9.17, 15) is 0 Å². The number of benzene rings is 2. The van der Waals surface area contributed by atoms with Crippen molar-refractivity contribution in [3.05, 3.63) is 56.0 Å². The Balaban J connectivity index is 2.31. The van der Waals surface area contributed by atoms with Gasteiger partial charge in [0.2, 0.25) is 0 Å². The molecule has 0 fully saturated rings. The van der Waals surface area contributed by atoms with E-state index in [2.05, 4.69) is 67.7 Å². The molecule has 0 aromatic heterocycles. The van der Waals surface area contributed by atoms with Gasteiger partial charge in [-0.25, -0.2) is 0 Å². The summed E-state index contributed by atoms with van der Waals surface area (Å²) in [5.74, 6) is 1.68. The van der Waals surface area contributed by atoms with Gasteiger partial charge in [0.15, 0.2) is 0 Å². The van der Waals surface area contributed by atoms with Gasteiger partial charge < -0.3 is 4.74 Å². The molecule has 0 amide bonds. The number of alkyl halides is 1. The molecule has 0 aliphatic rings. The first-order valence-corrected chi connectivity index (χ1v) is 8.51. The molecule has 100 valence electrons. The highest BCUT2D eigenvalue weighted by molar-refractivity contribution is 9.11. The lowest BCUT2D eigenvalue weighted by atomic mass is 10.1. The topological polar surface area (TPSA) is 9.23 Å². The maximum Gasteiger partial charge on any atom is 0.141 e. The second-order valence-corrected chi connectivity index (χ2v) is 6.58. The molecule has 1 nitrogen and oxygen atoms in total. The largest absolute Gasteiger partial charge is 0.456 e. The zero-order valence-electron chi connectivity index (χ0n) is 10.6. The van der Waals surface area contributed by atoms with Crippen molar-refractivity contribution in [1.29, 1.82) is 0 Å². The third kappa shape index (κ3) is 3.61. The molecule has 0 radical (unpaired) electrons. The summed E-state index contributed by atoms with van der Waals surface area (Å²) in [6.07, 6.45) is 0. The Kier molecular flexibility index (Phi) is 5.09. The van der Waals surface area contributed by atoms with Crippen molar-refractivity contribution in [1.82, 2.24) is 0 Å². The fourth-order valence-corrected chi connectivity index (χ4v) is 2.89. The first-order chi connectivity index (χ1) is 9.01. The lowest BCUT2D eigenvalue weighted by molar-refractivity contribution is 0.478. The Morgan fingerprint density at radius 1 is 1.00 bits per heavy atom. The van der Waals surface area contributed by atoms with Gasteiger partial charge in [0.1, 0.15) is 11.5 Å². The molecule has 0 heterocycles. The minimum Gasteiger partial charge on any atom is -0.456 e. The average molecular weight is 449 g/mol. The predicted molar refractivity (Wildman–Crippen MR) is 90.5 cm³/mol. The second kappa shape index (κ2) is 6.42. The van der Waals surface area contributed by atoms with Crippen LogP contribution in [0.15, 0.2) is 39.3 Å². The van der Waals surface area contributed by atoms with E-state index in [1.165, 1.54) is 16.7 Å². The standard InChI is InChI=1S/C15H13Br3O/c1-9-5-12(6-10(2)15(9)18)19-14-4-3-11(8-16)7-13(14)17/h3-7H,8H2,1-2H3. The Labute approximate surface area is 138 Å². The molecule has 2 aromatic rings. The van der Waals surface area contributed by atoms with Gasteiger partial charge in [0.25, 0.3) is 0 Å². The third-order valence-electron chi connectivity index (χ3n) is 2.79. The maximum absolute atomic E-state index is 5.94. The Morgan fingerprint density at radius 3 is 2.16 bits per heavy atom. The summed E-state index contributed by atoms with van der Waals surface area (Å²) in [5, 5.41) is 0.836. The van der Waals surface area contributed by atoms with Crippen molar-refractivity contribution in [3.63, 3.8) is 0 Å². The molecular weight excluding hydrogens is 436 g/mol. The number of hydrogen-bond acceptors (Lipinski definition) is 1. The number of rotatable bonds is 3. The van der Waals surface area contributed by atoms with Crippen LogP contribution >= 0.6 is 47.8 Å². The van der Waals surface area contributed by atoms with Crippen LogP contribution in [0.1, 0.15) is 16.7 Å². The van der Waals surface area contributed by atoms with E-state index in [-0.39, 0.29) is 0 Å². The summed E-state index contributed by atoms with van der Waals surface area (Å²) in [6.45, 7) is 4.12. The zero-order chi connectivity index (χ0) is 14.0. The van der Waals surface area contributed by atoms with Gasteiger partial charge in [0.05, 0.1) is 4.47 Å². The monoisotopic (exact) mass is 446 g/mol. The highest BCUT2D eigenvalue weighted by atomic mass is 79.9. The summed E-state index contributed by atoms with van der Waals surface area (Å²) in [7, 11) is 0. The van der Waals surface area contributed by atoms with Crippen LogP contribution in [0, 0.1) is 13.8 Å². The lowest BCUT2D eigenvalue weighted by Crippen LogP contribution is -1.90. The number of ether oxygens (including phenoxy) is 1. The summed E-state index contributed by atoms with van der Waals surface area (Å²) in [4.78, 5) is 0. The molecule has 0 bridgehead atoms. The fourth-order valence-electron chi connectivity index (χ4n) is 1.80. The smallest absolute Gasteiger partial charge is 0.141 e. The SMILES string of the molecule is Cc1cc(Oc2ccc(CBr)cc2Br)cc(C)c1Br. The van der Waals surface area contributed by atoms with Crippen molar-refractivity contribution in [2.75, 3.05) is 0 Å². The van der Waals surface area contributed by atoms with Crippen LogP contribution in [-0.2, 0) is 5.33 Å². The van der Waals surface area contributed by atoms with E-state index in [0.717, 1.165) is 25.8 Å². The van der Waals surface area contributed by atoms with Crippen LogP contribution in [-0.4, -0.2) is 0 Å². The zero-order valence-corrected chi connectivity index (χ0v) is 15.4. The van der Waals surface area contributed by atoms with Crippen molar-refractivity contribution in [2.45, 2.75) is 19.2 Å². The van der Waals surface area contributed by atoms with E-state index in [0.29, 0.717) is 0 Å². The van der Waals surface area contributed by atoms with Crippen molar-refractivity contribution in [2.24, 2.45) is 0 Å². The van der Waals surface area contributed by atoms with Crippen LogP contribution in [0.2, 0.25) is 0 Å². The van der Waals surface area contributed by atoms with E-state index >= 15 is 0 Å². The molecule has 0 saturated carbocycles. The normalized spacial score (nSPS) is 10.6. The van der Waals surface area contributed by atoms with E-state index in [1.54, 1.807) is 0 Å². The maximum atomic E-state index is 5.94. The van der Waals surface area contributed by atoms with Gasteiger partial charge >= 0.3 is 0 Å². The van der Waals surface area contributed by atoms with Crippen LogP contribution in [0.3, 0.4) is 0 Å². The third-order valence-corrected chi connectivity index (χ3v) is 5.31. The Bertz CT molecular complexity index is 585. The van der Waals surface area contributed by atoms with Gasteiger partial charge in [-0.15, -0.1) is 0 Å². The molecule has 0 aliphatic carbocycles. The molecular formula is C15H13Br3O. The van der Waals surface area contributed by atoms with Gasteiger partial charge in [0, 0.05) is 9.80 Å². The number of hydrogen-bond donors (Lipinski definition) is 0. The van der Waals surface area contributed by atoms with Crippen LogP contribution in [0.4, 0.5) is 0 Å². The lowest BCUT2D eigenvalue weighted by Gasteiger charge is -2.11. The molecule has 0 N–H and O–H groups in total. The first-order valence-electron chi connectivity index (χ1n) is 5.80. The van der Waals surface area contributed by atoms with Gasteiger partial charge in [-0.3, -0.25) is 0 Å². The predicted octanol–water partition coefficient (Wildman–Crippen LogP) is 6.52. The minimum absolute atomic E-state index is 0.825. The first kappa shape index (κ1) is 15.1. The summed E-state index contributed by atoms with van der Waals surface area (Å²) >= 11 is 10.5. The van der Waals surface area contributed by atoms with E-state index in [1.807, 2.05) is 24.3 Å². The van der Waals surface area contributed by atoms with Gasteiger partial charge in [-0.1, -0.05) is 37.9 Å². The van der Waals surface area contributed by atoms with Crippen LogP contribution in [0.5, 0.6) is 11.5 Å². The highest BCUT2D eigenvalue weighted by Gasteiger charge is 2.07. The van der Waals surface area contributed by atoms with Crippen molar-refractivity contribution >= 4 is 47.8 Å². The van der Waals surface area contributed by atoms with Gasteiger partial charge in [-0.2, -0.15) is 0 Å². The quantitative estimate of drug-likeness (QED) is 0.486. The summed E-state index contributed by atoms with van der Waals surface area (Å²) < 4.78 is 8.04.